The molecule has 18 heavy (non-hydrogen) atoms. The Hall–Kier alpha value is -2.03. The number of carbonyl (C=O) groups excluding carboxylic acids is 1. The molecule has 1 amide bonds. The van der Waals surface area contributed by atoms with Crippen molar-refractivity contribution >= 4 is 22.9 Å². The summed E-state index contributed by atoms with van der Waals surface area (Å²) < 4.78 is 0. The number of amides is 1. The predicted octanol–water partition coefficient (Wildman–Crippen LogP) is 2.80. The number of hydrogen-bond donors (Lipinski definition) is 1. The van der Waals surface area contributed by atoms with Gasteiger partial charge in [-0.15, -0.1) is 0 Å². The van der Waals surface area contributed by atoms with Crippen molar-refractivity contribution in [2.45, 2.75) is 12.8 Å². The van der Waals surface area contributed by atoms with Crippen molar-refractivity contribution in [1.29, 1.82) is 0 Å². The molecule has 1 N–H and O–H groups in total. The lowest BCUT2D eigenvalue weighted by Crippen LogP contribution is -2.25. The highest BCUT2D eigenvalue weighted by atomic mass is 16.2. The van der Waals surface area contributed by atoms with E-state index in [0.29, 0.717) is 0 Å². The molecule has 0 aliphatic carbocycles. The first kappa shape index (κ1) is 11.1. The number of nitrogens with one attached hydrogen (secondary N) is 1. The molecule has 0 unspecified atom stereocenters. The highest BCUT2D eigenvalue weighted by Gasteiger charge is 2.14. The molecule has 0 bridgehead atoms. The summed E-state index contributed by atoms with van der Waals surface area (Å²) in [5.74, 6) is 0.117. The van der Waals surface area contributed by atoms with Gasteiger partial charge < -0.3 is 9.88 Å². The average Bonchev–Trinajstić information content (AvgIpc) is 3.04. The second kappa shape index (κ2) is 4.69. The van der Waals surface area contributed by atoms with Crippen LogP contribution in [-0.2, 0) is 4.79 Å². The van der Waals surface area contributed by atoms with Crippen LogP contribution in [0.25, 0.3) is 17.0 Å². The van der Waals surface area contributed by atoms with Crippen molar-refractivity contribution in [2.75, 3.05) is 13.1 Å². The van der Waals surface area contributed by atoms with Gasteiger partial charge in [0.2, 0.25) is 5.91 Å². The summed E-state index contributed by atoms with van der Waals surface area (Å²) in [4.78, 5) is 17.0. The molecule has 3 rings (SSSR count). The Morgan fingerprint density at radius 1 is 1.22 bits per heavy atom. The number of hydrogen-bond acceptors (Lipinski definition) is 1. The van der Waals surface area contributed by atoms with E-state index in [9.17, 15) is 4.79 Å². The highest BCUT2D eigenvalue weighted by molar-refractivity contribution is 5.92. The van der Waals surface area contributed by atoms with Gasteiger partial charge in [0.25, 0.3) is 0 Å². The highest BCUT2D eigenvalue weighted by Crippen LogP contribution is 2.16. The van der Waals surface area contributed by atoms with Crippen LogP contribution in [0.15, 0.2) is 36.4 Å². The van der Waals surface area contributed by atoms with Gasteiger partial charge in [-0.1, -0.05) is 18.2 Å². The Balaban J connectivity index is 1.76. The molecule has 2 heterocycles. The van der Waals surface area contributed by atoms with Crippen LogP contribution >= 0.6 is 0 Å². The first-order valence-corrected chi connectivity index (χ1v) is 6.38. The predicted molar refractivity (Wildman–Crippen MR) is 73.1 cm³/mol. The third-order valence-electron chi connectivity index (χ3n) is 3.37. The molecule has 1 saturated heterocycles. The lowest BCUT2D eigenvalue weighted by Gasteiger charge is -2.11. The van der Waals surface area contributed by atoms with Gasteiger partial charge in [-0.3, -0.25) is 4.79 Å². The lowest BCUT2D eigenvalue weighted by atomic mass is 10.2. The molecule has 1 fully saturated rings. The van der Waals surface area contributed by atoms with Gasteiger partial charge >= 0.3 is 0 Å². The van der Waals surface area contributed by atoms with Gasteiger partial charge in [0, 0.05) is 30.4 Å². The number of aromatic amines is 1. The second-order valence-corrected chi connectivity index (χ2v) is 4.68. The number of H-pyrrole nitrogens is 1. The maximum Gasteiger partial charge on any atom is 0.246 e. The fraction of sp³-hybridized carbons (Fsp3) is 0.267. The Morgan fingerprint density at radius 2 is 2.00 bits per heavy atom. The van der Waals surface area contributed by atoms with E-state index >= 15 is 0 Å². The number of para-hydroxylation sites is 1. The first-order chi connectivity index (χ1) is 8.83. The number of carbonyl (C=O) groups is 1. The van der Waals surface area contributed by atoms with Gasteiger partial charge in [-0.25, -0.2) is 0 Å². The monoisotopic (exact) mass is 240 g/mol. The van der Waals surface area contributed by atoms with Crippen molar-refractivity contribution < 1.29 is 4.79 Å². The number of fused-ring (bicyclic) bond motifs is 1. The molecule has 0 saturated carbocycles. The molecule has 0 radical (unpaired) electrons. The van der Waals surface area contributed by atoms with Gasteiger partial charge in [-0.2, -0.15) is 0 Å². The maximum atomic E-state index is 11.9. The number of benzene rings is 1. The molecule has 1 aromatic carbocycles. The number of likely N-dealkylation sites (tertiary alicyclic amines) is 1. The van der Waals surface area contributed by atoms with E-state index < -0.39 is 0 Å². The molecule has 0 spiro atoms. The minimum absolute atomic E-state index is 0.117. The van der Waals surface area contributed by atoms with Crippen molar-refractivity contribution in [3.63, 3.8) is 0 Å². The molecule has 1 aliphatic rings. The van der Waals surface area contributed by atoms with Crippen molar-refractivity contribution in [2.24, 2.45) is 0 Å². The normalized spacial score (nSPS) is 15.9. The summed E-state index contributed by atoms with van der Waals surface area (Å²) in [6, 6.07) is 10.2. The summed E-state index contributed by atoms with van der Waals surface area (Å²) in [6.07, 6.45) is 5.79. The van der Waals surface area contributed by atoms with Crippen LogP contribution in [0.1, 0.15) is 18.5 Å². The quantitative estimate of drug-likeness (QED) is 0.805. The van der Waals surface area contributed by atoms with Gasteiger partial charge in [-0.05, 0) is 36.4 Å². The fourth-order valence-electron chi connectivity index (χ4n) is 2.39. The summed E-state index contributed by atoms with van der Waals surface area (Å²) >= 11 is 0. The van der Waals surface area contributed by atoms with E-state index in [-0.39, 0.29) is 5.91 Å². The van der Waals surface area contributed by atoms with Gasteiger partial charge in [0.05, 0.1) is 0 Å². The Bertz CT molecular complexity index is 558. The molecule has 2 aromatic rings. The van der Waals surface area contributed by atoms with Crippen LogP contribution in [0, 0.1) is 0 Å². The molecule has 1 aromatic heterocycles. The molecule has 92 valence electrons. The smallest absolute Gasteiger partial charge is 0.246 e. The summed E-state index contributed by atoms with van der Waals surface area (Å²) in [5, 5.41) is 1.17. The van der Waals surface area contributed by atoms with E-state index in [0.717, 1.165) is 37.1 Å². The second-order valence-electron chi connectivity index (χ2n) is 4.68. The molecule has 0 atom stereocenters. The van der Waals surface area contributed by atoms with Crippen LogP contribution in [-0.4, -0.2) is 28.9 Å². The van der Waals surface area contributed by atoms with E-state index in [1.165, 1.54) is 5.39 Å². The minimum atomic E-state index is 0.117. The lowest BCUT2D eigenvalue weighted by molar-refractivity contribution is -0.124. The van der Waals surface area contributed by atoms with Crippen LogP contribution in [0.3, 0.4) is 0 Å². The third-order valence-corrected chi connectivity index (χ3v) is 3.37. The van der Waals surface area contributed by atoms with Crippen molar-refractivity contribution in [3.05, 3.63) is 42.1 Å². The molecular formula is C15H16N2O. The largest absolute Gasteiger partial charge is 0.355 e. The zero-order valence-corrected chi connectivity index (χ0v) is 10.2. The summed E-state index contributed by atoms with van der Waals surface area (Å²) in [5.41, 5.74) is 2.08. The van der Waals surface area contributed by atoms with E-state index in [1.807, 2.05) is 29.2 Å². The van der Waals surface area contributed by atoms with Crippen LogP contribution in [0.5, 0.6) is 0 Å². The topological polar surface area (TPSA) is 36.1 Å². The molecule has 3 heteroatoms. The fourth-order valence-corrected chi connectivity index (χ4v) is 2.39. The summed E-state index contributed by atoms with van der Waals surface area (Å²) in [7, 11) is 0. The number of rotatable bonds is 2. The minimum Gasteiger partial charge on any atom is -0.355 e. The zero-order chi connectivity index (χ0) is 12.4. The van der Waals surface area contributed by atoms with Gasteiger partial charge in [0.15, 0.2) is 0 Å². The van der Waals surface area contributed by atoms with Crippen molar-refractivity contribution in [3.8, 4) is 0 Å². The number of aromatic nitrogens is 1. The maximum absolute atomic E-state index is 11.9. The first-order valence-electron chi connectivity index (χ1n) is 6.38. The molecule has 1 aliphatic heterocycles. The Labute approximate surface area is 106 Å². The zero-order valence-electron chi connectivity index (χ0n) is 10.2. The standard InChI is InChI=1S/C15H16N2O/c18-15(17-9-3-4-10-17)8-7-13-11-12-5-1-2-6-14(12)16-13/h1-2,5-8,11,16H,3-4,9-10H2. The van der Waals surface area contributed by atoms with Crippen molar-refractivity contribution in [1.82, 2.24) is 9.88 Å². The SMILES string of the molecule is O=C(C=Cc1cc2ccccc2[nH]1)N1CCCC1. The van der Waals surface area contributed by atoms with E-state index in [2.05, 4.69) is 17.1 Å². The number of nitrogens with zero attached hydrogens (tertiary/aromatic N) is 1. The molecular weight excluding hydrogens is 224 g/mol. The van der Waals surface area contributed by atoms with E-state index in [4.69, 9.17) is 0 Å². The Kier molecular flexibility index (Phi) is 2.89. The van der Waals surface area contributed by atoms with E-state index in [1.54, 1.807) is 6.08 Å². The van der Waals surface area contributed by atoms with Crippen LogP contribution in [0.2, 0.25) is 0 Å². The van der Waals surface area contributed by atoms with Crippen LogP contribution < -0.4 is 0 Å². The Morgan fingerprint density at radius 3 is 2.78 bits per heavy atom. The van der Waals surface area contributed by atoms with Gasteiger partial charge in [0.1, 0.15) is 0 Å². The van der Waals surface area contributed by atoms with Crippen LogP contribution in [0.4, 0.5) is 0 Å². The molecule has 3 nitrogen and oxygen atoms in total. The third kappa shape index (κ3) is 2.16. The summed E-state index contributed by atoms with van der Waals surface area (Å²) in [6.45, 7) is 1.80. The average molecular weight is 240 g/mol.